The molecule has 0 spiro atoms. The van der Waals surface area contributed by atoms with Crippen molar-refractivity contribution >= 4 is 29.9 Å². The Hall–Kier alpha value is -1.05. The number of guanidine groups is 1. The number of pyridine rings is 1. The number of nitrogens with zero attached hydrogens (tertiary/aromatic N) is 2. The summed E-state index contributed by atoms with van der Waals surface area (Å²) in [6, 6.07) is 4.11. The van der Waals surface area contributed by atoms with Crippen LogP contribution in [0.4, 0.5) is 0 Å². The first kappa shape index (κ1) is 20.9. The highest BCUT2D eigenvalue weighted by atomic mass is 127. The van der Waals surface area contributed by atoms with Crippen molar-refractivity contribution in [1.29, 1.82) is 0 Å². The Morgan fingerprint density at radius 2 is 2.05 bits per heavy atom. The van der Waals surface area contributed by atoms with E-state index in [-0.39, 0.29) is 24.0 Å². The van der Waals surface area contributed by atoms with Crippen LogP contribution in [0.1, 0.15) is 45.6 Å². The minimum atomic E-state index is 0. The lowest BCUT2D eigenvalue weighted by atomic mass is 10.0. The molecule has 0 aliphatic rings. The highest BCUT2D eigenvalue weighted by Crippen LogP contribution is 2.09. The van der Waals surface area contributed by atoms with E-state index in [0.29, 0.717) is 24.4 Å². The minimum absolute atomic E-state index is 0. The molecule has 0 saturated heterocycles. The first-order valence-corrected chi connectivity index (χ1v) is 7.56. The average Bonchev–Trinajstić information content (AvgIpc) is 2.45. The number of halogens is 1. The summed E-state index contributed by atoms with van der Waals surface area (Å²) in [7, 11) is 1.60. The van der Waals surface area contributed by atoms with E-state index in [9.17, 15) is 0 Å². The molecule has 1 heterocycles. The van der Waals surface area contributed by atoms with Crippen LogP contribution in [-0.2, 0) is 6.54 Å². The molecule has 6 heteroatoms. The number of aliphatic imine (C=N–C) groups is 1. The van der Waals surface area contributed by atoms with Gasteiger partial charge in [-0.1, -0.05) is 32.8 Å². The Kier molecular flexibility index (Phi) is 11.0. The molecule has 1 unspecified atom stereocenters. The summed E-state index contributed by atoms with van der Waals surface area (Å²) in [5.41, 5.74) is 6.91. The van der Waals surface area contributed by atoms with Gasteiger partial charge in [-0.15, -0.1) is 24.0 Å². The Balaban J connectivity index is 0.00000441. The van der Waals surface area contributed by atoms with Gasteiger partial charge in [-0.3, -0.25) is 0 Å². The van der Waals surface area contributed by atoms with Gasteiger partial charge in [-0.25, -0.2) is 9.98 Å². The van der Waals surface area contributed by atoms with Gasteiger partial charge in [0.05, 0.1) is 13.7 Å². The lowest BCUT2D eigenvalue weighted by Gasteiger charge is -2.15. The summed E-state index contributed by atoms with van der Waals surface area (Å²) in [6.07, 6.45) is 5.32. The molecule has 0 radical (unpaired) electrons. The van der Waals surface area contributed by atoms with Crippen LogP contribution in [0.15, 0.2) is 23.3 Å². The zero-order valence-corrected chi connectivity index (χ0v) is 16.3. The summed E-state index contributed by atoms with van der Waals surface area (Å²) in [4.78, 5) is 8.48. The second-order valence-electron chi connectivity index (χ2n) is 5.78. The molecule has 0 amide bonds. The van der Waals surface area contributed by atoms with E-state index < -0.39 is 0 Å². The van der Waals surface area contributed by atoms with E-state index in [1.807, 2.05) is 12.1 Å². The van der Waals surface area contributed by atoms with Crippen molar-refractivity contribution in [2.75, 3.05) is 7.11 Å². The minimum Gasteiger partial charge on any atom is -0.481 e. The molecule has 0 fully saturated rings. The van der Waals surface area contributed by atoms with Crippen molar-refractivity contribution in [3.8, 4) is 5.88 Å². The van der Waals surface area contributed by atoms with E-state index in [0.717, 1.165) is 17.9 Å². The van der Waals surface area contributed by atoms with Crippen LogP contribution in [0.2, 0.25) is 0 Å². The maximum absolute atomic E-state index is 5.90. The maximum Gasteiger partial charge on any atom is 0.212 e. The van der Waals surface area contributed by atoms with Crippen molar-refractivity contribution in [2.24, 2.45) is 16.6 Å². The van der Waals surface area contributed by atoms with Gasteiger partial charge < -0.3 is 15.8 Å². The molecule has 0 saturated carbocycles. The van der Waals surface area contributed by atoms with Crippen LogP contribution < -0.4 is 15.8 Å². The zero-order valence-electron chi connectivity index (χ0n) is 14.0. The smallest absolute Gasteiger partial charge is 0.212 e. The molecule has 22 heavy (non-hydrogen) atoms. The van der Waals surface area contributed by atoms with Gasteiger partial charge in [0.1, 0.15) is 0 Å². The molecule has 126 valence electrons. The van der Waals surface area contributed by atoms with Gasteiger partial charge in [-0.05, 0) is 24.8 Å². The van der Waals surface area contributed by atoms with Crippen LogP contribution in [0.5, 0.6) is 5.88 Å². The van der Waals surface area contributed by atoms with Crippen LogP contribution in [0, 0.1) is 5.92 Å². The fraction of sp³-hybridized carbons (Fsp3) is 0.625. The summed E-state index contributed by atoms with van der Waals surface area (Å²) < 4.78 is 5.02. The number of nitrogens with two attached hydrogens (primary N) is 1. The third kappa shape index (κ3) is 9.07. The topological polar surface area (TPSA) is 72.5 Å². The fourth-order valence-corrected chi connectivity index (χ4v) is 2.00. The molecule has 0 aliphatic heterocycles. The first-order valence-electron chi connectivity index (χ1n) is 7.56. The van der Waals surface area contributed by atoms with E-state index in [1.165, 1.54) is 12.8 Å². The third-order valence-electron chi connectivity index (χ3n) is 3.25. The SMILES string of the molecule is COc1ccc(CN=C(N)NC(C)CCCC(C)C)cn1.I. The molecule has 1 aromatic rings. The zero-order chi connectivity index (χ0) is 15.7. The number of methoxy groups -OCH3 is 1. The number of ether oxygens (including phenoxy) is 1. The molecule has 1 atom stereocenters. The van der Waals surface area contributed by atoms with Gasteiger partial charge >= 0.3 is 0 Å². The van der Waals surface area contributed by atoms with Crippen LogP contribution in [-0.4, -0.2) is 24.1 Å². The largest absolute Gasteiger partial charge is 0.481 e. The monoisotopic (exact) mass is 420 g/mol. The van der Waals surface area contributed by atoms with Gasteiger partial charge in [0.2, 0.25) is 5.88 Å². The van der Waals surface area contributed by atoms with Gasteiger partial charge in [0.15, 0.2) is 5.96 Å². The van der Waals surface area contributed by atoms with Gasteiger partial charge in [0, 0.05) is 18.3 Å². The Morgan fingerprint density at radius 3 is 2.59 bits per heavy atom. The van der Waals surface area contributed by atoms with E-state index >= 15 is 0 Å². The summed E-state index contributed by atoms with van der Waals surface area (Å²) >= 11 is 0. The van der Waals surface area contributed by atoms with Crippen LogP contribution in [0.3, 0.4) is 0 Å². The molecule has 1 rings (SSSR count). The number of hydrogen-bond donors (Lipinski definition) is 2. The average molecular weight is 420 g/mol. The molecule has 1 aromatic heterocycles. The molecule has 3 N–H and O–H groups in total. The Labute approximate surface area is 151 Å². The predicted octanol–water partition coefficient (Wildman–Crippen LogP) is 3.33. The standard InChI is InChI=1S/C16H28N4O.HI/c1-12(2)6-5-7-13(3)20-16(17)19-11-14-8-9-15(21-4)18-10-14;/h8-10,12-13H,5-7,11H2,1-4H3,(H3,17,19,20);1H. The second-order valence-corrected chi connectivity index (χ2v) is 5.78. The highest BCUT2D eigenvalue weighted by Gasteiger charge is 2.04. The molecular weight excluding hydrogens is 391 g/mol. The van der Waals surface area contributed by atoms with Gasteiger partial charge in [0.25, 0.3) is 0 Å². The second kappa shape index (κ2) is 11.5. The lowest BCUT2D eigenvalue weighted by Crippen LogP contribution is -2.38. The molecule has 5 nitrogen and oxygen atoms in total. The van der Waals surface area contributed by atoms with E-state index in [4.69, 9.17) is 10.5 Å². The highest BCUT2D eigenvalue weighted by molar-refractivity contribution is 14.0. The summed E-state index contributed by atoms with van der Waals surface area (Å²) in [5.74, 6) is 1.85. The number of rotatable bonds is 8. The molecule has 0 bridgehead atoms. The van der Waals surface area contributed by atoms with Crippen molar-refractivity contribution in [3.05, 3.63) is 23.9 Å². The van der Waals surface area contributed by atoms with Crippen LogP contribution in [0.25, 0.3) is 0 Å². The fourth-order valence-electron chi connectivity index (χ4n) is 2.00. The predicted molar refractivity (Wildman–Crippen MR) is 103 cm³/mol. The normalized spacial score (nSPS) is 12.7. The number of nitrogens with one attached hydrogen (secondary N) is 1. The summed E-state index contributed by atoms with van der Waals surface area (Å²) in [6.45, 7) is 7.15. The molecule has 0 aromatic carbocycles. The number of aromatic nitrogens is 1. The van der Waals surface area contributed by atoms with Gasteiger partial charge in [-0.2, -0.15) is 0 Å². The number of hydrogen-bond acceptors (Lipinski definition) is 3. The molecule has 0 aliphatic carbocycles. The quantitative estimate of drug-likeness (QED) is 0.385. The van der Waals surface area contributed by atoms with Crippen molar-refractivity contribution in [3.63, 3.8) is 0 Å². The van der Waals surface area contributed by atoms with Crippen molar-refractivity contribution < 1.29 is 4.74 Å². The van der Waals surface area contributed by atoms with Crippen molar-refractivity contribution in [2.45, 2.75) is 52.6 Å². The van der Waals surface area contributed by atoms with Crippen LogP contribution >= 0.6 is 24.0 Å². The van der Waals surface area contributed by atoms with E-state index in [2.05, 4.69) is 36.1 Å². The first-order chi connectivity index (χ1) is 10.0. The Morgan fingerprint density at radius 1 is 1.32 bits per heavy atom. The third-order valence-corrected chi connectivity index (χ3v) is 3.25. The summed E-state index contributed by atoms with van der Waals surface area (Å²) in [5, 5.41) is 3.23. The lowest BCUT2D eigenvalue weighted by molar-refractivity contribution is 0.397. The van der Waals surface area contributed by atoms with Crippen molar-refractivity contribution in [1.82, 2.24) is 10.3 Å². The molecular formula is C16H29IN4O. The Bertz CT molecular complexity index is 434. The maximum atomic E-state index is 5.90. The van der Waals surface area contributed by atoms with E-state index in [1.54, 1.807) is 13.3 Å².